The van der Waals surface area contributed by atoms with Gasteiger partial charge in [-0.1, -0.05) is 6.92 Å². The van der Waals surface area contributed by atoms with E-state index in [2.05, 4.69) is 6.92 Å². The topological polar surface area (TPSA) is 54.5 Å². The van der Waals surface area contributed by atoms with Crippen LogP contribution in [0, 0.1) is 5.92 Å². The van der Waals surface area contributed by atoms with Gasteiger partial charge in [-0.3, -0.25) is 4.79 Å². The van der Waals surface area contributed by atoms with Crippen LogP contribution in [0.4, 0.5) is 0 Å². The molecule has 0 aromatic rings. The number of hydrogen-bond acceptors (Lipinski definition) is 3. The van der Waals surface area contributed by atoms with E-state index in [1.54, 1.807) is 4.90 Å². The highest BCUT2D eigenvalue weighted by Crippen LogP contribution is 2.17. The van der Waals surface area contributed by atoms with Crippen molar-refractivity contribution >= 4 is 15.7 Å². The third-order valence-corrected chi connectivity index (χ3v) is 4.57. The number of sulfone groups is 1. The highest BCUT2D eigenvalue weighted by Gasteiger charge is 2.29. The molecule has 1 saturated heterocycles. The zero-order valence-corrected chi connectivity index (χ0v) is 10.4. The molecule has 0 unspecified atom stereocenters. The standard InChI is InChI=1S/C10H19NO3S/c1-8-4-6-11(7-5-8)10(12)9(2)15(3,13)14/h8-9H,4-7H2,1-3H3/t9-/m1/s1. The molecule has 5 heteroatoms. The molecule has 0 N–H and O–H groups in total. The molecular weight excluding hydrogens is 214 g/mol. The normalized spacial score (nSPS) is 21.4. The maximum Gasteiger partial charge on any atom is 0.240 e. The van der Waals surface area contributed by atoms with Crippen molar-refractivity contribution in [2.45, 2.75) is 31.9 Å². The first-order chi connectivity index (χ1) is 6.82. The summed E-state index contributed by atoms with van der Waals surface area (Å²) in [6.45, 7) is 5.01. The van der Waals surface area contributed by atoms with E-state index in [0.717, 1.165) is 19.1 Å². The number of hydrogen-bond donors (Lipinski definition) is 0. The second-order valence-electron chi connectivity index (χ2n) is 4.48. The van der Waals surface area contributed by atoms with Crippen LogP contribution in [-0.4, -0.2) is 43.8 Å². The summed E-state index contributed by atoms with van der Waals surface area (Å²) in [6.07, 6.45) is 3.06. The fourth-order valence-corrected chi connectivity index (χ4v) is 2.18. The summed E-state index contributed by atoms with van der Waals surface area (Å²) in [7, 11) is -3.26. The molecular formula is C10H19NO3S. The minimum Gasteiger partial charge on any atom is -0.342 e. The van der Waals surface area contributed by atoms with Crippen LogP contribution >= 0.6 is 0 Å². The maximum absolute atomic E-state index is 11.8. The summed E-state index contributed by atoms with van der Waals surface area (Å²) in [4.78, 5) is 13.5. The second kappa shape index (κ2) is 4.51. The highest BCUT2D eigenvalue weighted by molar-refractivity contribution is 7.92. The van der Waals surface area contributed by atoms with Crippen molar-refractivity contribution in [2.75, 3.05) is 19.3 Å². The van der Waals surface area contributed by atoms with Crippen molar-refractivity contribution in [3.8, 4) is 0 Å². The van der Waals surface area contributed by atoms with E-state index in [1.165, 1.54) is 6.92 Å². The Morgan fingerprint density at radius 2 is 1.80 bits per heavy atom. The van der Waals surface area contributed by atoms with Crippen molar-refractivity contribution in [3.63, 3.8) is 0 Å². The maximum atomic E-state index is 11.8. The predicted octanol–water partition coefficient (Wildman–Crippen LogP) is 0.678. The van der Waals surface area contributed by atoms with Gasteiger partial charge in [-0.15, -0.1) is 0 Å². The summed E-state index contributed by atoms with van der Waals surface area (Å²) in [6, 6.07) is 0. The van der Waals surface area contributed by atoms with E-state index < -0.39 is 15.1 Å². The minimum absolute atomic E-state index is 0.246. The molecule has 0 spiro atoms. The van der Waals surface area contributed by atoms with Gasteiger partial charge >= 0.3 is 0 Å². The average molecular weight is 233 g/mol. The lowest BCUT2D eigenvalue weighted by Gasteiger charge is -2.31. The summed E-state index contributed by atoms with van der Waals surface area (Å²) in [5.41, 5.74) is 0. The summed E-state index contributed by atoms with van der Waals surface area (Å²) in [5, 5.41) is -0.897. The van der Waals surface area contributed by atoms with Crippen LogP contribution in [0.1, 0.15) is 26.7 Å². The van der Waals surface area contributed by atoms with E-state index >= 15 is 0 Å². The Bertz CT molecular complexity index is 329. The molecule has 88 valence electrons. The van der Waals surface area contributed by atoms with Crippen LogP contribution in [0.25, 0.3) is 0 Å². The van der Waals surface area contributed by atoms with Crippen LogP contribution < -0.4 is 0 Å². The Morgan fingerprint density at radius 3 is 2.20 bits per heavy atom. The molecule has 1 aliphatic heterocycles. The van der Waals surface area contributed by atoms with Gasteiger partial charge in [-0.05, 0) is 25.7 Å². The molecule has 0 aliphatic carbocycles. The van der Waals surface area contributed by atoms with Gasteiger partial charge in [0, 0.05) is 19.3 Å². The van der Waals surface area contributed by atoms with Crippen molar-refractivity contribution in [1.29, 1.82) is 0 Å². The van der Waals surface area contributed by atoms with Crippen LogP contribution in [0.3, 0.4) is 0 Å². The van der Waals surface area contributed by atoms with E-state index in [0.29, 0.717) is 19.0 Å². The first-order valence-corrected chi connectivity index (χ1v) is 7.25. The minimum atomic E-state index is -3.26. The predicted molar refractivity (Wildman–Crippen MR) is 59.3 cm³/mol. The van der Waals surface area contributed by atoms with Crippen LogP contribution in [0.5, 0.6) is 0 Å². The molecule has 0 aromatic carbocycles. The number of piperidine rings is 1. The Morgan fingerprint density at radius 1 is 1.33 bits per heavy atom. The summed E-state index contributed by atoms with van der Waals surface area (Å²) >= 11 is 0. The molecule has 1 fully saturated rings. The van der Waals surface area contributed by atoms with Crippen molar-refractivity contribution in [2.24, 2.45) is 5.92 Å². The van der Waals surface area contributed by atoms with Crippen molar-refractivity contribution in [3.05, 3.63) is 0 Å². The van der Waals surface area contributed by atoms with Gasteiger partial charge in [0.15, 0.2) is 9.84 Å². The van der Waals surface area contributed by atoms with Crippen molar-refractivity contribution in [1.82, 2.24) is 4.90 Å². The van der Waals surface area contributed by atoms with Gasteiger partial charge in [-0.25, -0.2) is 8.42 Å². The van der Waals surface area contributed by atoms with E-state index in [1.807, 2.05) is 0 Å². The molecule has 15 heavy (non-hydrogen) atoms. The van der Waals surface area contributed by atoms with Gasteiger partial charge in [0.05, 0.1) is 0 Å². The van der Waals surface area contributed by atoms with Gasteiger partial charge < -0.3 is 4.90 Å². The Kier molecular flexibility index (Phi) is 3.76. The fraction of sp³-hybridized carbons (Fsp3) is 0.900. The Balaban J connectivity index is 2.62. The smallest absolute Gasteiger partial charge is 0.240 e. The molecule has 4 nitrogen and oxygen atoms in total. The number of rotatable bonds is 2. The first-order valence-electron chi connectivity index (χ1n) is 5.30. The number of likely N-dealkylation sites (tertiary alicyclic amines) is 1. The zero-order chi connectivity index (χ0) is 11.6. The quantitative estimate of drug-likeness (QED) is 0.704. The number of carbonyl (C=O) groups is 1. The van der Waals surface area contributed by atoms with Crippen LogP contribution in [-0.2, 0) is 14.6 Å². The number of carbonyl (C=O) groups excluding carboxylic acids is 1. The lowest BCUT2D eigenvalue weighted by atomic mass is 9.99. The molecule has 0 saturated carbocycles. The van der Waals surface area contributed by atoms with E-state index in [-0.39, 0.29) is 5.91 Å². The van der Waals surface area contributed by atoms with E-state index in [9.17, 15) is 13.2 Å². The molecule has 1 rings (SSSR count). The summed E-state index contributed by atoms with van der Waals surface area (Å²) < 4.78 is 22.5. The third kappa shape index (κ3) is 3.19. The van der Waals surface area contributed by atoms with Gasteiger partial charge in [-0.2, -0.15) is 0 Å². The van der Waals surface area contributed by atoms with E-state index in [4.69, 9.17) is 0 Å². The average Bonchev–Trinajstić information content (AvgIpc) is 2.15. The third-order valence-electron chi connectivity index (χ3n) is 3.09. The summed E-state index contributed by atoms with van der Waals surface area (Å²) in [5.74, 6) is 0.395. The lowest BCUT2D eigenvalue weighted by Crippen LogP contribution is -2.44. The largest absolute Gasteiger partial charge is 0.342 e. The number of amides is 1. The number of nitrogens with zero attached hydrogens (tertiary/aromatic N) is 1. The molecule has 1 heterocycles. The second-order valence-corrected chi connectivity index (χ2v) is 6.85. The molecule has 1 amide bonds. The highest BCUT2D eigenvalue weighted by atomic mass is 32.2. The fourth-order valence-electron chi connectivity index (χ4n) is 1.67. The monoisotopic (exact) mass is 233 g/mol. The SMILES string of the molecule is CC1CCN(C(=O)[C@@H](C)S(C)(=O)=O)CC1. The Hall–Kier alpha value is -0.580. The van der Waals surface area contributed by atoms with Gasteiger partial charge in [0.1, 0.15) is 5.25 Å². The first kappa shape index (κ1) is 12.5. The van der Waals surface area contributed by atoms with Crippen molar-refractivity contribution < 1.29 is 13.2 Å². The molecule has 0 bridgehead atoms. The molecule has 0 radical (unpaired) electrons. The van der Waals surface area contributed by atoms with Gasteiger partial charge in [0.2, 0.25) is 5.91 Å². The molecule has 1 aliphatic rings. The lowest BCUT2D eigenvalue weighted by molar-refractivity contribution is -0.131. The van der Waals surface area contributed by atoms with Gasteiger partial charge in [0.25, 0.3) is 0 Å². The Labute approximate surface area is 91.6 Å². The van der Waals surface area contributed by atoms with Crippen LogP contribution in [0.15, 0.2) is 0 Å². The molecule has 1 atom stereocenters. The zero-order valence-electron chi connectivity index (χ0n) is 9.56. The van der Waals surface area contributed by atoms with Crippen LogP contribution in [0.2, 0.25) is 0 Å². The molecule has 0 aromatic heterocycles.